The molecule has 2 aromatic rings. The van der Waals surface area contributed by atoms with Crippen molar-refractivity contribution in [1.82, 2.24) is 0 Å². The number of nitrogens with zero attached hydrogens (tertiary/aromatic N) is 1. The first-order valence-electron chi connectivity index (χ1n) is 6.96. The van der Waals surface area contributed by atoms with Crippen molar-refractivity contribution in [2.45, 2.75) is 12.8 Å². The standard InChI is InChI=1S/C19H11F4N/c1-2-3-4-12-7-16(20)14(17(21)8-12)6-5-13-9-18(22)15(11-24)19(23)10-13/h2,7-10H,1,3-4H2. The van der Waals surface area contributed by atoms with Gasteiger partial charge >= 0.3 is 0 Å². The van der Waals surface area contributed by atoms with E-state index in [9.17, 15) is 17.6 Å². The van der Waals surface area contributed by atoms with Crippen molar-refractivity contribution in [3.05, 3.63) is 82.4 Å². The summed E-state index contributed by atoms with van der Waals surface area (Å²) in [6.07, 6.45) is 2.66. The molecule has 5 heteroatoms. The van der Waals surface area contributed by atoms with E-state index in [1.54, 1.807) is 6.08 Å². The van der Waals surface area contributed by atoms with Crippen LogP contribution < -0.4 is 0 Å². The van der Waals surface area contributed by atoms with Gasteiger partial charge in [-0.05, 0) is 42.7 Å². The minimum absolute atomic E-state index is 0.126. The Bertz CT molecular complexity index is 852. The van der Waals surface area contributed by atoms with Crippen LogP contribution in [0.1, 0.15) is 28.7 Å². The van der Waals surface area contributed by atoms with Gasteiger partial charge in [-0.15, -0.1) is 6.58 Å². The lowest BCUT2D eigenvalue weighted by Crippen LogP contribution is -1.95. The predicted octanol–water partition coefficient (Wildman–Crippen LogP) is 4.63. The van der Waals surface area contributed by atoms with Gasteiger partial charge in [-0.1, -0.05) is 17.9 Å². The molecule has 0 aliphatic heterocycles. The van der Waals surface area contributed by atoms with Crippen LogP contribution in [-0.2, 0) is 6.42 Å². The highest BCUT2D eigenvalue weighted by atomic mass is 19.1. The molecule has 24 heavy (non-hydrogen) atoms. The van der Waals surface area contributed by atoms with Crippen molar-refractivity contribution in [3.63, 3.8) is 0 Å². The van der Waals surface area contributed by atoms with Gasteiger partial charge in [-0.3, -0.25) is 0 Å². The smallest absolute Gasteiger partial charge is 0.145 e. The highest BCUT2D eigenvalue weighted by Gasteiger charge is 2.11. The molecule has 0 heterocycles. The van der Waals surface area contributed by atoms with Gasteiger partial charge in [0.05, 0.1) is 5.56 Å². The molecule has 120 valence electrons. The van der Waals surface area contributed by atoms with E-state index in [0.717, 1.165) is 24.3 Å². The Kier molecular flexibility index (Phi) is 5.39. The number of hydrogen-bond donors (Lipinski definition) is 0. The van der Waals surface area contributed by atoms with Crippen LogP contribution in [0.5, 0.6) is 0 Å². The zero-order valence-corrected chi connectivity index (χ0v) is 12.5. The van der Waals surface area contributed by atoms with E-state index < -0.39 is 34.4 Å². The predicted molar refractivity (Wildman–Crippen MR) is 81.9 cm³/mol. The average Bonchev–Trinajstić information content (AvgIpc) is 2.52. The lowest BCUT2D eigenvalue weighted by Gasteiger charge is -2.03. The van der Waals surface area contributed by atoms with Gasteiger partial charge in [-0.2, -0.15) is 5.26 Å². The molecule has 0 atom stereocenters. The Labute approximate surface area is 136 Å². The summed E-state index contributed by atoms with van der Waals surface area (Å²) in [6, 6.07) is 5.38. The summed E-state index contributed by atoms with van der Waals surface area (Å²) in [5.41, 5.74) is -0.878. The van der Waals surface area contributed by atoms with Gasteiger partial charge in [0.1, 0.15) is 34.9 Å². The number of benzene rings is 2. The van der Waals surface area contributed by atoms with Crippen molar-refractivity contribution in [1.29, 1.82) is 5.26 Å². The van der Waals surface area contributed by atoms with Crippen LogP contribution in [0.4, 0.5) is 17.6 Å². The van der Waals surface area contributed by atoms with Gasteiger partial charge in [0.2, 0.25) is 0 Å². The largest absolute Gasteiger partial charge is 0.206 e. The molecule has 0 N–H and O–H groups in total. The molecule has 0 radical (unpaired) electrons. The maximum atomic E-state index is 14.0. The summed E-state index contributed by atoms with van der Waals surface area (Å²) >= 11 is 0. The quantitative estimate of drug-likeness (QED) is 0.457. The van der Waals surface area contributed by atoms with E-state index in [4.69, 9.17) is 5.26 Å². The van der Waals surface area contributed by atoms with Crippen LogP contribution in [-0.4, -0.2) is 0 Å². The molecule has 0 aliphatic rings. The molecule has 0 bridgehead atoms. The highest BCUT2D eigenvalue weighted by Crippen LogP contribution is 2.17. The van der Waals surface area contributed by atoms with Crippen molar-refractivity contribution in [2.75, 3.05) is 0 Å². The Morgan fingerprint density at radius 3 is 1.92 bits per heavy atom. The fourth-order valence-electron chi connectivity index (χ4n) is 2.04. The number of allylic oxidation sites excluding steroid dienone is 1. The summed E-state index contributed by atoms with van der Waals surface area (Å²) < 4.78 is 54.9. The molecular formula is C19H11F4N. The fourth-order valence-corrected chi connectivity index (χ4v) is 2.04. The summed E-state index contributed by atoms with van der Waals surface area (Å²) in [4.78, 5) is 0. The first kappa shape index (κ1) is 17.3. The van der Waals surface area contributed by atoms with E-state index >= 15 is 0 Å². The van der Waals surface area contributed by atoms with Crippen LogP contribution in [0.25, 0.3) is 0 Å². The van der Waals surface area contributed by atoms with Crippen molar-refractivity contribution >= 4 is 0 Å². The van der Waals surface area contributed by atoms with Gasteiger partial charge in [0.25, 0.3) is 0 Å². The normalized spacial score (nSPS) is 9.79. The second kappa shape index (κ2) is 7.48. The highest BCUT2D eigenvalue weighted by molar-refractivity contribution is 5.47. The molecule has 0 unspecified atom stereocenters. The molecule has 0 spiro atoms. The lowest BCUT2D eigenvalue weighted by molar-refractivity contribution is 0.574. The van der Waals surface area contributed by atoms with Crippen LogP contribution in [0.3, 0.4) is 0 Å². The zero-order valence-electron chi connectivity index (χ0n) is 12.5. The van der Waals surface area contributed by atoms with Crippen molar-refractivity contribution < 1.29 is 17.6 Å². The molecule has 1 nitrogen and oxygen atoms in total. The molecule has 2 aromatic carbocycles. The number of halogens is 4. The van der Waals surface area contributed by atoms with E-state index in [2.05, 4.69) is 18.4 Å². The molecule has 0 aliphatic carbocycles. The Balaban J connectivity index is 2.38. The number of aryl methyl sites for hydroxylation is 1. The van der Waals surface area contributed by atoms with Gasteiger partial charge in [0, 0.05) is 5.56 Å². The molecule has 2 rings (SSSR count). The first-order valence-corrected chi connectivity index (χ1v) is 6.96. The first-order chi connectivity index (χ1) is 11.5. The zero-order chi connectivity index (χ0) is 17.7. The summed E-state index contributed by atoms with van der Waals surface area (Å²) in [7, 11) is 0. The Morgan fingerprint density at radius 2 is 1.42 bits per heavy atom. The number of nitriles is 1. The maximum Gasteiger partial charge on any atom is 0.145 e. The Morgan fingerprint density at radius 1 is 0.875 bits per heavy atom. The molecule has 0 fully saturated rings. The second-order valence-electron chi connectivity index (χ2n) is 4.94. The van der Waals surface area contributed by atoms with Gasteiger partial charge in [0.15, 0.2) is 0 Å². The average molecular weight is 329 g/mol. The van der Waals surface area contributed by atoms with Crippen molar-refractivity contribution in [2.24, 2.45) is 0 Å². The Hall–Kier alpha value is -3.05. The second-order valence-corrected chi connectivity index (χ2v) is 4.94. The van der Waals surface area contributed by atoms with Crippen molar-refractivity contribution in [3.8, 4) is 17.9 Å². The van der Waals surface area contributed by atoms with E-state index in [1.807, 2.05) is 0 Å². The van der Waals surface area contributed by atoms with E-state index in [0.29, 0.717) is 18.4 Å². The molecule has 0 amide bonds. The van der Waals surface area contributed by atoms with Crippen LogP contribution in [0.15, 0.2) is 36.9 Å². The minimum atomic E-state index is -1.08. The minimum Gasteiger partial charge on any atom is -0.206 e. The topological polar surface area (TPSA) is 23.8 Å². The third-order valence-corrected chi connectivity index (χ3v) is 3.22. The van der Waals surface area contributed by atoms with Gasteiger partial charge in [-0.25, -0.2) is 17.6 Å². The lowest BCUT2D eigenvalue weighted by atomic mass is 10.1. The summed E-state index contributed by atoms with van der Waals surface area (Å²) in [6.45, 7) is 3.54. The molecular weight excluding hydrogens is 318 g/mol. The van der Waals surface area contributed by atoms with E-state index in [-0.39, 0.29) is 5.56 Å². The SMILES string of the molecule is C=CCCc1cc(F)c(C#Cc2cc(F)c(C#N)c(F)c2)c(F)c1. The third kappa shape index (κ3) is 3.83. The third-order valence-electron chi connectivity index (χ3n) is 3.22. The summed E-state index contributed by atoms with van der Waals surface area (Å²) in [5, 5.41) is 8.59. The number of hydrogen-bond acceptors (Lipinski definition) is 1. The number of rotatable bonds is 3. The van der Waals surface area contributed by atoms with Crippen LogP contribution in [0, 0.1) is 46.4 Å². The molecule has 0 saturated heterocycles. The van der Waals surface area contributed by atoms with Crippen LogP contribution in [0.2, 0.25) is 0 Å². The molecule has 0 aromatic heterocycles. The fraction of sp³-hybridized carbons (Fsp3) is 0.105. The van der Waals surface area contributed by atoms with Crippen LogP contribution >= 0.6 is 0 Å². The summed E-state index contributed by atoms with van der Waals surface area (Å²) in [5.74, 6) is 0.675. The van der Waals surface area contributed by atoms with Gasteiger partial charge < -0.3 is 0 Å². The monoisotopic (exact) mass is 329 g/mol. The van der Waals surface area contributed by atoms with E-state index in [1.165, 1.54) is 6.07 Å². The maximum absolute atomic E-state index is 14.0. The molecule has 0 saturated carbocycles.